The Labute approximate surface area is 137 Å². The van der Waals surface area contributed by atoms with E-state index in [1.54, 1.807) is 6.08 Å². The van der Waals surface area contributed by atoms with Gasteiger partial charge in [-0.15, -0.1) is 0 Å². The maximum Gasteiger partial charge on any atom is 0.348 e. The van der Waals surface area contributed by atoms with Gasteiger partial charge in [0, 0.05) is 23.0 Å². The van der Waals surface area contributed by atoms with E-state index in [0.717, 1.165) is 16.7 Å². The number of hydrogen-bond donors (Lipinski definition) is 0. The minimum Gasteiger partial charge on any atom is -0.367 e. The first-order valence-corrected chi connectivity index (χ1v) is 8.23. The molecule has 0 saturated carbocycles. The summed E-state index contributed by atoms with van der Waals surface area (Å²) in [5.41, 5.74) is 0.487. The lowest BCUT2D eigenvalue weighted by atomic mass is 9.76. The Balaban J connectivity index is 1.68. The summed E-state index contributed by atoms with van der Waals surface area (Å²) in [7, 11) is 0. The summed E-state index contributed by atoms with van der Waals surface area (Å²) in [4.78, 5) is 13.5. The molecule has 2 fully saturated rings. The van der Waals surface area contributed by atoms with E-state index in [-0.39, 0.29) is 16.8 Å². The lowest BCUT2D eigenvalue weighted by molar-refractivity contribution is -0.615. The lowest BCUT2D eigenvalue weighted by Crippen LogP contribution is -2.42. The zero-order valence-corrected chi connectivity index (χ0v) is 14.0. The highest BCUT2D eigenvalue weighted by Crippen LogP contribution is 2.57. The number of anilines is 1. The van der Waals surface area contributed by atoms with E-state index in [1.807, 2.05) is 13.0 Å². The molecule has 0 aromatic heterocycles. The fourth-order valence-electron chi connectivity index (χ4n) is 4.22. The molecule has 116 valence electrons. The van der Waals surface area contributed by atoms with Crippen molar-refractivity contribution in [2.24, 2.45) is 11.8 Å². The van der Waals surface area contributed by atoms with Crippen molar-refractivity contribution in [1.82, 2.24) is 0 Å². The van der Waals surface area contributed by atoms with Crippen LogP contribution >= 0.6 is 15.9 Å². The van der Waals surface area contributed by atoms with Gasteiger partial charge in [0.05, 0.1) is 23.1 Å². The van der Waals surface area contributed by atoms with Gasteiger partial charge >= 0.3 is 5.72 Å². The molecule has 5 nitrogen and oxygen atoms in total. The summed E-state index contributed by atoms with van der Waals surface area (Å²) in [5.74, 6) is 0.0258. The first-order chi connectivity index (χ1) is 10.4. The third-order valence-electron chi connectivity index (χ3n) is 5.43. The predicted molar refractivity (Wildman–Crippen MR) is 86.4 cm³/mol. The SMILES string of the molecule is Cc1ccc(N2CC3C(C)C4([N+](=O)[O-])C=CC3(C2)O4)c(Br)c1. The van der Waals surface area contributed by atoms with Crippen LogP contribution in [0.1, 0.15) is 12.5 Å². The average molecular weight is 365 g/mol. The Morgan fingerprint density at radius 2 is 2.23 bits per heavy atom. The van der Waals surface area contributed by atoms with E-state index in [0.29, 0.717) is 6.54 Å². The van der Waals surface area contributed by atoms with Crippen molar-refractivity contribution in [3.8, 4) is 0 Å². The van der Waals surface area contributed by atoms with Crippen LogP contribution in [0.3, 0.4) is 0 Å². The number of rotatable bonds is 2. The van der Waals surface area contributed by atoms with Gasteiger partial charge in [0.2, 0.25) is 0 Å². The summed E-state index contributed by atoms with van der Waals surface area (Å²) in [5, 5.41) is 11.5. The third-order valence-corrected chi connectivity index (χ3v) is 6.06. The Hall–Kier alpha value is -1.40. The number of benzene rings is 1. The number of hydrogen-bond acceptors (Lipinski definition) is 4. The minimum atomic E-state index is -1.32. The second kappa shape index (κ2) is 4.32. The molecule has 0 amide bonds. The molecule has 0 N–H and O–H groups in total. The van der Waals surface area contributed by atoms with Crippen molar-refractivity contribution in [3.63, 3.8) is 0 Å². The van der Waals surface area contributed by atoms with Crippen LogP contribution in [0, 0.1) is 28.9 Å². The van der Waals surface area contributed by atoms with Gasteiger partial charge in [0.15, 0.2) is 0 Å². The van der Waals surface area contributed by atoms with Crippen LogP contribution in [-0.2, 0) is 4.74 Å². The van der Waals surface area contributed by atoms with E-state index in [2.05, 4.69) is 46.0 Å². The third kappa shape index (κ3) is 1.62. The van der Waals surface area contributed by atoms with Crippen LogP contribution in [0.4, 0.5) is 5.69 Å². The molecule has 1 aromatic carbocycles. The molecular formula is C16H17BrN2O3. The van der Waals surface area contributed by atoms with Gasteiger partial charge in [0.25, 0.3) is 0 Å². The van der Waals surface area contributed by atoms with Gasteiger partial charge in [-0.1, -0.05) is 13.0 Å². The summed E-state index contributed by atoms with van der Waals surface area (Å²) < 4.78 is 7.05. The number of nitro groups is 1. The molecule has 1 aromatic rings. The van der Waals surface area contributed by atoms with Gasteiger partial charge in [-0.2, -0.15) is 0 Å². The molecule has 1 spiro atoms. The van der Waals surface area contributed by atoms with Gasteiger partial charge in [-0.3, -0.25) is 14.9 Å². The molecule has 4 rings (SSSR count). The van der Waals surface area contributed by atoms with Crippen LogP contribution in [0.2, 0.25) is 0 Å². The van der Waals surface area contributed by atoms with Crippen LogP contribution in [0.25, 0.3) is 0 Å². The molecule has 2 saturated heterocycles. The number of fused-ring (bicyclic) bond motifs is 1. The standard InChI is InChI=1S/C16H17BrN2O3/c1-10-3-4-14(13(17)7-10)18-8-12-11(2)16(19(20)21)6-5-15(12,9-18)22-16/h3-7,11-12H,8-9H2,1-2H3. The first-order valence-electron chi connectivity index (χ1n) is 7.44. The molecule has 0 radical (unpaired) electrons. The van der Waals surface area contributed by atoms with E-state index < -0.39 is 11.3 Å². The Morgan fingerprint density at radius 1 is 1.45 bits per heavy atom. The van der Waals surface area contributed by atoms with E-state index in [1.165, 1.54) is 5.56 Å². The highest BCUT2D eigenvalue weighted by molar-refractivity contribution is 9.10. The van der Waals surface area contributed by atoms with Crippen molar-refractivity contribution in [2.75, 3.05) is 18.0 Å². The fraction of sp³-hybridized carbons (Fsp3) is 0.500. The number of ether oxygens (including phenoxy) is 1. The zero-order valence-electron chi connectivity index (χ0n) is 12.5. The minimum absolute atomic E-state index is 0.123. The molecule has 0 aliphatic carbocycles. The lowest BCUT2D eigenvalue weighted by Gasteiger charge is -2.25. The van der Waals surface area contributed by atoms with Crippen molar-refractivity contribution >= 4 is 21.6 Å². The molecule has 4 unspecified atom stereocenters. The normalized spacial score (nSPS) is 38.6. The van der Waals surface area contributed by atoms with Crippen LogP contribution in [0.15, 0.2) is 34.8 Å². The Bertz CT molecular complexity index is 707. The summed E-state index contributed by atoms with van der Waals surface area (Å²) in [6.07, 6.45) is 3.57. The smallest absolute Gasteiger partial charge is 0.348 e. The second-order valence-corrected chi connectivity index (χ2v) is 7.48. The molecule has 3 aliphatic heterocycles. The molecular weight excluding hydrogens is 348 g/mol. The highest BCUT2D eigenvalue weighted by Gasteiger charge is 2.72. The van der Waals surface area contributed by atoms with Crippen molar-refractivity contribution in [1.29, 1.82) is 0 Å². The van der Waals surface area contributed by atoms with Crippen LogP contribution in [-0.4, -0.2) is 29.3 Å². The molecule has 22 heavy (non-hydrogen) atoms. The summed E-state index contributed by atoms with van der Waals surface area (Å²) in [6, 6.07) is 6.28. The summed E-state index contributed by atoms with van der Waals surface area (Å²) >= 11 is 3.63. The molecule has 4 atom stereocenters. The van der Waals surface area contributed by atoms with Crippen molar-refractivity contribution in [2.45, 2.75) is 25.2 Å². The summed E-state index contributed by atoms with van der Waals surface area (Å²) in [6.45, 7) is 5.44. The average Bonchev–Trinajstić information content (AvgIpc) is 3.07. The predicted octanol–water partition coefficient (Wildman–Crippen LogP) is 3.14. The van der Waals surface area contributed by atoms with Gasteiger partial charge in [-0.25, -0.2) is 0 Å². The Morgan fingerprint density at radius 3 is 2.86 bits per heavy atom. The van der Waals surface area contributed by atoms with E-state index in [4.69, 9.17) is 4.74 Å². The highest BCUT2D eigenvalue weighted by atomic mass is 79.9. The molecule has 2 bridgehead atoms. The van der Waals surface area contributed by atoms with Crippen LogP contribution in [0.5, 0.6) is 0 Å². The van der Waals surface area contributed by atoms with E-state index >= 15 is 0 Å². The number of halogens is 1. The van der Waals surface area contributed by atoms with Gasteiger partial charge < -0.3 is 4.90 Å². The maximum atomic E-state index is 11.5. The second-order valence-electron chi connectivity index (χ2n) is 6.63. The molecule has 3 aliphatic rings. The van der Waals surface area contributed by atoms with Gasteiger partial charge in [-0.05, 0) is 46.6 Å². The number of aryl methyl sites for hydroxylation is 1. The van der Waals surface area contributed by atoms with E-state index in [9.17, 15) is 10.1 Å². The fourth-order valence-corrected chi connectivity index (χ4v) is 4.96. The molecule has 3 heterocycles. The number of nitrogens with zero attached hydrogens (tertiary/aromatic N) is 2. The first kappa shape index (κ1) is 14.2. The maximum absolute atomic E-state index is 11.5. The topological polar surface area (TPSA) is 55.6 Å². The zero-order chi connectivity index (χ0) is 15.7. The molecule has 6 heteroatoms. The van der Waals surface area contributed by atoms with Crippen LogP contribution < -0.4 is 4.90 Å². The van der Waals surface area contributed by atoms with Crippen molar-refractivity contribution in [3.05, 3.63) is 50.5 Å². The quantitative estimate of drug-likeness (QED) is 0.459. The van der Waals surface area contributed by atoms with Crippen molar-refractivity contribution < 1.29 is 9.66 Å². The Kier molecular flexibility index (Phi) is 2.79. The van der Waals surface area contributed by atoms with Gasteiger partial charge in [0.1, 0.15) is 5.60 Å². The monoisotopic (exact) mass is 364 g/mol. The largest absolute Gasteiger partial charge is 0.367 e.